The highest BCUT2D eigenvalue weighted by atomic mass is 32.1. The highest BCUT2D eigenvalue weighted by molar-refractivity contribution is 7.10. The number of nitrogens with zero attached hydrogens (tertiary/aromatic N) is 3. The largest absolute Gasteiger partial charge is 0.357 e. The first kappa shape index (κ1) is 23.2. The Hall–Kier alpha value is -2.45. The fraction of sp³-hybridized carbons (Fsp3) is 0.522. The molecular formula is C23H34N6OS. The smallest absolute Gasteiger partial charge is 0.227 e. The number of rotatable bonds is 8. The fourth-order valence-corrected chi connectivity index (χ4v) is 4.93. The summed E-state index contributed by atoms with van der Waals surface area (Å²) in [6.45, 7) is 7.22. The van der Waals surface area contributed by atoms with Crippen molar-refractivity contribution in [1.29, 1.82) is 0 Å². The number of pyridine rings is 1. The maximum absolute atomic E-state index is 12.2. The number of hydrogen-bond donors (Lipinski definition) is 3. The van der Waals surface area contributed by atoms with Gasteiger partial charge in [-0.1, -0.05) is 12.1 Å². The van der Waals surface area contributed by atoms with Crippen molar-refractivity contribution >= 4 is 29.0 Å². The van der Waals surface area contributed by atoms with E-state index in [4.69, 9.17) is 4.99 Å². The SMILES string of the molecule is CCNC(=NCC1CCCN(C)C1c1cccs1)NCCC(=O)Nc1ccc(C)cn1. The molecule has 2 aromatic rings. The molecule has 0 bridgehead atoms. The molecule has 3 N–H and O–H groups in total. The molecule has 0 radical (unpaired) electrons. The van der Waals surface area contributed by atoms with Gasteiger partial charge in [-0.2, -0.15) is 0 Å². The third kappa shape index (κ3) is 7.04. The second-order valence-electron chi connectivity index (χ2n) is 8.01. The Bertz CT molecular complexity index is 836. The van der Waals surface area contributed by atoms with Gasteiger partial charge in [0.2, 0.25) is 5.91 Å². The third-order valence-corrected chi connectivity index (χ3v) is 6.44. The molecule has 0 aromatic carbocycles. The standard InChI is InChI=1S/C23H34N6OS/c1-4-24-23(25-12-11-21(30)28-20-10-9-17(2)15-26-20)27-16-18-7-5-13-29(3)22(18)19-8-6-14-31-19/h6,8-10,14-15,18,22H,4-5,7,11-13,16H2,1-3H3,(H2,24,25,27)(H,26,28,30). The van der Waals surface area contributed by atoms with Crippen molar-refractivity contribution < 1.29 is 4.79 Å². The summed E-state index contributed by atoms with van der Waals surface area (Å²) in [4.78, 5) is 25.1. The zero-order valence-corrected chi connectivity index (χ0v) is 19.5. The van der Waals surface area contributed by atoms with Gasteiger partial charge in [0.1, 0.15) is 5.82 Å². The van der Waals surface area contributed by atoms with Crippen LogP contribution in [0.5, 0.6) is 0 Å². The number of carbonyl (C=O) groups is 1. The van der Waals surface area contributed by atoms with E-state index in [0.717, 1.165) is 31.2 Å². The summed E-state index contributed by atoms with van der Waals surface area (Å²) in [6, 6.07) is 8.54. The monoisotopic (exact) mass is 442 g/mol. The number of thiophene rings is 1. The summed E-state index contributed by atoms with van der Waals surface area (Å²) in [5.74, 6) is 1.77. The third-order valence-electron chi connectivity index (χ3n) is 5.49. The molecule has 1 fully saturated rings. The predicted octanol–water partition coefficient (Wildman–Crippen LogP) is 3.42. The van der Waals surface area contributed by atoms with Crippen molar-refractivity contribution in [3.05, 3.63) is 46.3 Å². The number of nitrogens with one attached hydrogen (secondary N) is 3. The van der Waals surface area contributed by atoms with E-state index < -0.39 is 0 Å². The molecule has 168 valence electrons. The average Bonchev–Trinajstić information content (AvgIpc) is 3.28. The number of aliphatic imine (C=N–C) groups is 1. The molecular weight excluding hydrogens is 408 g/mol. The number of guanidine groups is 1. The van der Waals surface area contributed by atoms with Crippen LogP contribution in [0.4, 0.5) is 5.82 Å². The number of carbonyl (C=O) groups excluding carboxylic acids is 1. The number of piperidine rings is 1. The van der Waals surface area contributed by atoms with Gasteiger partial charge in [-0.05, 0) is 69.3 Å². The van der Waals surface area contributed by atoms with Gasteiger partial charge in [-0.3, -0.25) is 14.7 Å². The molecule has 2 atom stereocenters. The molecule has 3 heterocycles. The molecule has 1 aliphatic heterocycles. The fourth-order valence-electron chi connectivity index (χ4n) is 3.95. The quantitative estimate of drug-likeness (QED) is 0.431. The van der Waals surface area contributed by atoms with E-state index in [0.29, 0.717) is 30.7 Å². The van der Waals surface area contributed by atoms with Gasteiger partial charge in [0, 0.05) is 43.2 Å². The van der Waals surface area contributed by atoms with Gasteiger partial charge in [0.05, 0.1) is 0 Å². The van der Waals surface area contributed by atoms with Crippen molar-refractivity contribution in [2.75, 3.05) is 38.5 Å². The molecule has 1 amide bonds. The lowest BCUT2D eigenvalue weighted by Crippen LogP contribution is -2.40. The Balaban J connectivity index is 1.52. The number of likely N-dealkylation sites (tertiary alicyclic amines) is 1. The Morgan fingerprint density at radius 3 is 2.90 bits per heavy atom. The predicted molar refractivity (Wildman–Crippen MR) is 129 cm³/mol. The lowest BCUT2D eigenvalue weighted by atomic mass is 9.88. The summed E-state index contributed by atoms with van der Waals surface area (Å²) in [5, 5.41) is 11.6. The number of aromatic nitrogens is 1. The van der Waals surface area contributed by atoms with Crippen LogP contribution in [0.2, 0.25) is 0 Å². The van der Waals surface area contributed by atoms with Crippen molar-refractivity contribution in [3.8, 4) is 0 Å². The van der Waals surface area contributed by atoms with Crippen LogP contribution < -0.4 is 16.0 Å². The van der Waals surface area contributed by atoms with Gasteiger partial charge in [-0.15, -0.1) is 11.3 Å². The first-order chi connectivity index (χ1) is 15.1. The van der Waals surface area contributed by atoms with Crippen LogP contribution in [0, 0.1) is 12.8 Å². The summed E-state index contributed by atoms with van der Waals surface area (Å²) in [7, 11) is 2.21. The topological polar surface area (TPSA) is 81.7 Å². The van der Waals surface area contributed by atoms with E-state index in [1.807, 2.05) is 30.4 Å². The highest BCUT2D eigenvalue weighted by Gasteiger charge is 2.31. The second kappa shape index (κ2) is 11.8. The highest BCUT2D eigenvalue weighted by Crippen LogP contribution is 2.37. The zero-order chi connectivity index (χ0) is 22.1. The molecule has 0 aliphatic carbocycles. The molecule has 0 spiro atoms. The van der Waals surface area contributed by atoms with Crippen LogP contribution in [0.1, 0.15) is 42.7 Å². The van der Waals surface area contributed by atoms with E-state index in [-0.39, 0.29) is 5.91 Å². The van der Waals surface area contributed by atoms with E-state index in [1.165, 1.54) is 17.7 Å². The summed E-state index contributed by atoms with van der Waals surface area (Å²) < 4.78 is 0. The summed E-state index contributed by atoms with van der Waals surface area (Å²) in [6.07, 6.45) is 4.48. The average molecular weight is 443 g/mol. The summed E-state index contributed by atoms with van der Waals surface area (Å²) in [5.41, 5.74) is 1.07. The van der Waals surface area contributed by atoms with E-state index in [9.17, 15) is 4.79 Å². The van der Waals surface area contributed by atoms with Crippen molar-refractivity contribution in [1.82, 2.24) is 20.5 Å². The number of hydrogen-bond acceptors (Lipinski definition) is 5. The molecule has 2 unspecified atom stereocenters. The maximum atomic E-state index is 12.2. The molecule has 3 rings (SSSR count). The van der Waals surface area contributed by atoms with E-state index in [2.05, 4.69) is 57.3 Å². The van der Waals surface area contributed by atoms with Crippen molar-refractivity contribution in [3.63, 3.8) is 0 Å². The number of aryl methyl sites for hydroxylation is 1. The first-order valence-electron chi connectivity index (χ1n) is 11.0. The van der Waals surface area contributed by atoms with E-state index >= 15 is 0 Å². The summed E-state index contributed by atoms with van der Waals surface area (Å²) >= 11 is 1.83. The first-order valence-corrected chi connectivity index (χ1v) is 11.9. The minimum absolute atomic E-state index is 0.0635. The Labute approximate surface area is 189 Å². The molecule has 31 heavy (non-hydrogen) atoms. The van der Waals surface area contributed by atoms with Crippen LogP contribution in [0.3, 0.4) is 0 Å². The lowest BCUT2D eigenvalue weighted by molar-refractivity contribution is -0.116. The lowest BCUT2D eigenvalue weighted by Gasteiger charge is -2.38. The normalized spacial score (nSPS) is 19.8. The van der Waals surface area contributed by atoms with Crippen LogP contribution in [-0.4, -0.2) is 55.0 Å². The van der Waals surface area contributed by atoms with Crippen LogP contribution >= 0.6 is 11.3 Å². The Morgan fingerprint density at radius 1 is 1.32 bits per heavy atom. The molecule has 1 aliphatic rings. The van der Waals surface area contributed by atoms with E-state index in [1.54, 1.807) is 6.20 Å². The van der Waals surface area contributed by atoms with Gasteiger partial charge < -0.3 is 16.0 Å². The van der Waals surface area contributed by atoms with Crippen LogP contribution in [-0.2, 0) is 4.79 Å². The van der Waals surface area contributed by atoms with Gasteiger partial charge in [0.25, 0.3) is 0 Å². The van der Waals surface area contributed by atoms with Crippen LogP contribution in [0.25, 0.3) is 0 Å². The minimum atomic E-state index is -0.0635. The van der Waals surface area contributed by atoms with Crippen LogP contribution in [0.15, 0.2) is 40.8 Å². The maximum Gasteiger partial charge on any atom is 0.227 e. The second-order valence-corrected chi connectivity index (χ2v) is 8.99. The van der Waals surface area contributed by atoms with Gasteiger partial charge in [-0.25, -0.2) is 4.98 Å². The zero-order valence-electron chi connectivity index (χ0n) is 18.7. The van der Waals surface area contributed by atoms with Crippen molar-refractivity contribution in [2.45, 2.75) is 39.2 Å². The molecule has 0 saturated carbocycles. The number of anilines is 1. The van der Waals surface area contributed by atoms with Gasteiger partial charge >= 0.3 is 0 Å². The number of amides is 1. The molecule has 8 heteroatoms. The molecule has 2 aromatic heterocycles. The minimum Gasteiger partial charge on any atom is -0.357 e. The molecule has 7 nitrogen and oxygen atoms in total. The molecule has 1 saturated heterocycles. The van der Waals surface area contributed by atoms with Gasteiger partial charge in [0.15, 0.2) is 5.96 Å². The Morgan fingerprint density at radius 2 is 2.19 bits per heavy atom. The van der Waals surface area contributed by atoms with Crippen molar-refractivity contribution in [2.24, 2.45) is 10.9 Å². The Kier molecular flexibility index (Phi) is 8.85.